The molecule has 1 aliphatic heterocycles. The minimum atomic E-state index is -0.263. The van der Waals surface area contributed by atoms with Gasteiger partial charge in [-0.15, -0.1) is 0 Å². The summed E-state index contributed by atoms with van der Waals surface area (Å²) in [4.78, 5) is 18.7. The van der Waals surface area contributed by atoms with Crippen LogP contribution >= 0.6 is 0 Å². The van der Waals surface area contributed by atoms with Gasteiger partial charge in [0, 0.05) is 6.20 Å². The Kier molecular flexibility index (Phi) is 4.53. The summed E-state index contributed by atoms with van der Waals surface area (Å²) in [6.45, 7) is 4.94. The van der Waals surface area contributed by atoms with Gasteiger partial charge >= 0.3 is 0 Å². The number of hydrogen-bond donors (Lipinski definition) is 1. The van der Waals surface area contributed by atoms with E-state index >= 15 is 0 Å². The third kappa shape index (κ3) is 3.74. The number of aryl methyl sites for hydroxylation is 1. The Morgan fingerprint density at radius 2 is 2.05 bits per heavy atom. The first-order valence-electron chi connectivity index (χ1n) is 7.76. The Balaban J connectivity index is 1.60. The van der Waals surface area contributed by atoms with Crippen LogP contribution in [0.2, 0.25) is 0 Å². The molecular formula is C17H21N3O2. The number of furan rings is 1. The molecule has 0 aromatic carbocycles. The molecule has 1 aliphatic rings. The van der Waals surface area contributed by atoms with Crippen molar-refractivity contribution in [2.45, 2.75) is 32.7 Å². The molecule has 0 unspecified atom stereocenters. The van der Waals surface area contributed by atoms with Crippen LogP contribution in [0.1, 0.15) is 41.1 Å². The Hall–Kier alpha value is -2.14. The highest BCUT2D eigenvalue weighted by Crippen LogP contribution is 2.16. The van der Waals surface area contributed by atoms with Crippen molar-refractivity contribution in [1.82, 2.24) is 9.88 Å². The van der Waals surface area contributed by atoms with Crippen molar-refractivity contribution >= 4 is 11.7 Å². The Bertz CT molecular complexity index is 628. The van der Waals surface area contributed by atoms with E-state index < -0.39 is 0 Å². The van der Waals surface area contributed by atoms with Crippen molar-refractivity contribution < 1.29 is 9.21 Å². The molecule has 1 saturated heterocycles. The summed E-state index contributed by atoms with van der Waals surface area (Å²) >= 11 is 0. The number of nitrogens with zero attached hydrogens (tertiary/aromatic N) is 2. The maximum absolute atomic E-state index is 12.1. The minimum absolute atomic E-state index is 0.263. The number of nitrogens with one attached hydrogen (secondary N) is 1. The van der Waals surface area contributed by atoms with Crippen LogP contribution in [0.5, 0.6) is 0 Å². The van der Waals surface area contributed by atoms with Gasteiger partial charge in [-0.3, -0.25) is 9.69 Å². The Labute approximate surface area is 130 Å². The molecule has 1 fully saturated rings. The lowest BCUT2D eigenvalue weighted by atomic mass is 10.1. The summed E-state index contributed by atoms with van der Waals surface area (Å²) in [7, 11) is 0. The summed E-state index contributed by atoms with van der Waals surface area (Å²) < 4.78 is 5.66. The lowest BCUT2D eigenvalue weighted by Gasteiger charge is -2.25. The van der Waals surface area contributed by atoms with Crippen molar-refractivity contribution in [2.24, 2.45) is 0 Å². The van der Waals surface area contributed by atoms with Gasteiger partial charge in [0.1, 0.15) is 11.6 Å². The van der Waals surface area contributed by atoms with E-state index in [9.17, 15) is 4.79 Å². The maximum Gasteiger partial charge on any atom is 0.292 e. The van der Waals surface area contributed by atoms with Crippen molar-refractivity contribution in [1.29, 1.82) is 0 Å². The second-order valence-corrected chi connectivity index (χ2v) is 5.78. The van der Waals surface area contributed by atoms with Gasteiger partial charge in [0.2, 0.25) is 0 Å². The average molecular weight is 299 g/mol. The van der Waals surface area contributed by atoms with Gasteiger partial charge in [-0.1, -0.05) is 12.5 Å². The average Bonchev–Trinajstić information content (AvgIpc) is 2.99. The highest BCUT2D eigenvalue weighted by Gasteiger charge is 2.15. The third-order valence-electron chi connectivity index (χ3n) is 3.87. The topological polar surface area (TPSA) is 58.4 Å². The van der Waals surface area contributed by atoms with Crippen molar-refractivity contribution in [3.63, 3.8) is 0 Å². The number of carbonyl (C=O) groups is 1. The number of pyridine rings is 1. The molecule has 1 N–H and O–H groups in total. The highest BCUT2D eigenvalue weighted by atomic mass is 16.4. The van der Waals surface area contributed by atoms with E-state index in [0.717, 1.165) is 31.0 Å². The zero-order valence-corrected chi connectivity index (χ0v) is 12.8. The number of amides is 1. The molecule has 22 heavy (non-hydrogen) atoms. The van der Waals surface area contributed by atoms with Crippen LogP contribution in [0.25, 0.3) is 0 Å². The van der Waals surface area contributed by atoms with E-state index in [-0.39, 0.29) is 5.91 Å². The number of carbonyl (C=O) groups excluding carboxylic acids is 1. The molecule has 5 heteroatoms. The summed E-state index contributed by atoms with van der Waals surface area (Å²) in [5.74, 6) is 1.43. The predicted molar refractivity (Wildman–Crippen MR) is 84.8 cm³/mol. The Morgan fingerprint density at radius 3 is 2.77 bits per heavy atom. The molecule has 5 nitrogen and oxygen atoms in total. The van der Waals surface area contributed by atoms with Crippen LogP contribution in [0.15, 0.2) is 34.9 Å². The van der Waals surface area contributed by atoms with E-state index in [2.05, 4.69) is 15.2 Å². The standard InChI is InChI=1S/C17H21N3O2/c1-13-5-8-16(18-11-13)19-17(21)15-7-6-14(22-15)12-20-9-3-2-4-10-20/h5-8,11H,2-4,9-10,12H2,1H3,(H,18,19,21). The van der Waals surface area contributed by atoms with Gasteiger partial charge in [-0.2, -0.15) is 0 Å². The number of hydrogen-bond acceptors (Lipinski definition) is 4. The van der Waals surface area contributed by atoms with Gasteiger partial charge in [0.25, 0.3) is 5.91 Å². The first-order chi connectivity index (χ1) is 10.7. The molecule has 116 valence electrons. The zero-order chi connectivity index (χ0) is 15.4. The van der Waals surface area contributed by atoms with E-state index in [1.165, 1.54) is 19.3 Å². The fraction of sp³-hybridized carbons (Fsp3) is 0.412. The predicted octanol–water partition coefficient (Wildman–Crippen LogP) is 3.22. The minimum Gasteiger partial charge on any atom is -0.455 e. The number of aromatic nitrogens is 1. The van der Waals surface area contributed by atoms with Crippen LogP contribution in [0, 0.1) is 6.92 Å². The number of likely N-dealkylation sites (tertiary alicyclic amines) is 1. The van der Waals surface area contributed by atoms with E-state index in [0.29, 0.717) is 11.6 Å². The van der Waals surface area contributed by atoms with Crippen molar-refractivity contribution in [3.8, 4) is 0 Å². The molecule has 0 spiro atoms. The molecule has 1 amide bonds. The van der Waals surface area contributed by atoms with Gasteiger partial charge in [0.05, 0.1) is 6.54 Å². The summed E-state index contributed by atoms with van der Waals surface area (Å²) in [5.41, 5.74) is 1.06. The highest BCUT2D eigenvalue weighted by molar-refractivity contribution is 6.01. The number of piperidine rings is 1. The van der Waals surface area contributed by atoms with Crippen molar-refractivity contribution in [3.05, 3.63) is 47.5 Å². The van der Waals surface area contributed by atoms with E-state index in [1.807, 2.05) is 19.1 Å². The number of rotatable bonds is 4. The summed E-state index contributed by atoms with van der Waals surface area (Å²) in [6, 6.07) is 7.30. The quantitative estimate of drug-likeness (QED) is 0.941. The molecular weight excluding hydrogens is 278 g/mol. The normalized spacial score (nSPS) is 15.7. The largest absolute Gasteiger partial charge is 0.455 e. The number of anilines is 1. The van der Waals surface area contributed by atoms with Crippen LogP contribution in [-0.2, 0) is 6.54 Å². The maximum atomic E-state index is 12.1. The molecule has 0 bridgehead atoms. The lowest BCUT2D eigenvalue weighted by molar-refractivity contribution is 0.0991. The molecule has 0 radical (unpaired) electrons. The van der Waals surface area contributed by atoms with E-state index in [1.54, 1.807) is 18.3 Å². The lowest BCUT2D eigenvalue weighted by Crippen LogP contribution is -2.28. The summed E-state index contributed by atoms with van der Waals surface area (Å²) in [6.07, 6.45) is 5.52. The molecule has 0 atom stereocenters. The fourth-order valence-electron chi connectivity index (χ4n) is 2.64. The van der Waals surface area contributed by atoms with Crippen LogP contribution in [0.4, 0.5) is 5.82 Å². The van der Waals surface area contributed by atoms with Gasteiger partial charge < -0.3 is 9.73 Å². The smallest absolute Gasteiger partial charge is 0.292 e. The summed E-state index contributed by atoms with van der Waals surface area (Å²) in [5, 5.41) is 2.74. The van der Waals surface area contributed by atoms with Gasteiger partial charge in [0.15, 0.2) is 5.76 Å². The molecule has 0 saturated carbocycles. The van der Waals surface area contributed by atoms with Crippen LogP contribution in [0.3, 0.4) is 0 Å². The Morgan fingerprint density at radius 1 is 1.23 bits per heavy atom. The van der Waals surface area contributed by atoms with Crippen LogP contribution < -0.4 is 5.32 Å². The van der Waals surface area contributed by atoms with Crippen LogP contribution in [-0.4, -0.2) is 28.9 Å². The second-order valence-electron chi connectivity index (χ2n) is 5.78. The SMILES string of the molecule is Cc1ccc(NC(=O)c2ccc(CN3CCCCC3)o2)nc1. The monoisotopic (exact) mass is 299 g/mol. The molecule has 0 aliphatic carbocycles. The zero-order valence-electron chi connectivity index (χ0n) is 12.8. The first kappa shape index (κ1) is 14.8. The molecule has 2 aromatic heterocycles. The second kappa shape index (κ2) is 6.75. The van der Waals surface area contributed by atoms with Gasteiger partial charge in [-0.25, -0.2) is 4.98 Å². The molecule has 3 heterocycles. The first-order valence-corrected chi connectivity index (χ1v) is 7.76. The fourth-order valence-corrected chi connectivity index (χ4v) is 2.64. The van der Waals surface area contributed by atoms with Crippen molar-refractivity contribution in [2.75, 3.05) is 18.4 Å². The van der Waals surface area contributed by atoms with Gasteiger partial charge in [-0.05, 0) is 56.6 Å². The molecule has 2 aromatic rings. The van der Waals surface area contributed by atoms with E-state index in [4.69, 9.17) is 4.42 Å². The molecule has 3 rings (SSSR count). The third-order valence-corrected chi connectivity index (χ3v) is 3.87.